The molecule has 0 saturated carbocycles. The van der Waals surface area contributed by atoms with E-state index in [-0.39, 0.29) is 11.6 Å². The van der Waals surface area contributed by atoms with E-state index in [1.54, 1.807) is 19.1 Å². The maximum absolute atomic E-state index is 12.2. The molecule has 1 aromatic carbocycles. The maximum Gasteiger partial charge on any atom is 0.263 e. The van der Waals surface area contributed by atoms with Crippen LogP contribution in [0.15, 0.2) is 24.3 Å². The third-order valence-electron chi connectivity index (χ3n) is 1.69. The Bertz CT molecular complexity index is 235. The molecule has 1 rings (SSSR count). The van der Waals surface area contributed by atoms with Crippen molar-refractivity contribution in [1.82, 2.24) is 0 Å². The highest BCUT2D eigenvalue weighted by Gasteiger charge is 2.07. The fourth-order valence-electron chi connectivity index (χ4n) is 0.978. The molecule has 0 aliphatic rings. The Morgan fingerprint density at radius 3 is 2.33 bits per heavy atom. The van der Waals surface area contributed by atoms with Gasteiger partial charge in [-0.3, -0.25) is 0 Å². The molecule has 1 nitrogen and oxygen atoms in total. The third kappa shape index (κ3) is 2.01. The summed E-state index contributed by atoms with van der Waals surface area (Å²) in [6.45, 7) is 1.77. The second-order valence-corrected chi connectivity index (χ2v) is 2.76. The van der Waals surface area contributed by atoms with Crippen molar-refractivity contribution in [3.63, 3.8) is 0 Å². The molecule has 0 fully saturated rings. The molecule has 0 aliphatic heterocycles. The molecule has 2 N–H and O–H groups in total. The van der Waals surface area contributed by atoms with Crippen molar-refractivity contribution in [2.75, 3.05) is 0 Å². The normalized spacial score (nSPS) is 13.4. The molecule has 3 heteroatoms. The third-order valence-corrected chi connectivity index (χ3v) is 1.69. The Kier molecular flexibility index (Phi) is 2.76. The van der Waals surface area contributed by atoms with E-state index in [0.29, 0.717) is 0 Å². The summed E-state index contributed by atoms with van der Waals surface area (Å²) in [6.07, 6.45) is -2.41. The lowest BCUT2D eigenvalue weighted by Crippen LogP contribution is -2.05. The first-order valence-corrected chi connectivity index (χ1v) is 3.75. The molecule has 0 amide bonds. The number of benzene rings is 1. The SMILES string of the molecule is CC(N)c1cccc(C(F)F)c1. The van der Waals surface area contributed by atoms with Gasteiger partial charge in [-0.2, -0.15) is 0 Å². The van der Waals surface area contributed by atoms with Crippen molar-refractivity contribution in [2.24, 2.45) is 5.73 Å². The average Bonchev–Trinajstić information content (AvgIpc) is 2.04. The van der Waals surface area contributed by atoms with Crippen LogP contribution in [0.1, 0.15) is 30.5 Å². The first-order chi connectivity index (χ1) is 5.61. The highest BCUT2D eigenvalue weighted by Crippen LogP contribution is 2.21. The minimum atomic E-state index is -2.41. The summed E-state index contributed by atoms with van der Waals surface area (Å²) in [7, 11) is 0. The zero-order valence-corrected chi connectivity index (χ0v) is 6.80. The lowest BCUT2D eigenvalue weighted by atomic mass is 10.1. The summed E-state index contributed by atoms with van der Waals surface area (Å²) in [5, 5.41) is 0. The van der Waals surface area contributed by atoms with E-state index in [2.05, 4.69) is 0 Å². The zero-order valence-electron chi connectivity index (χ0n) is 6.80. The molecule has 0 heterocycles. The minimum Gasteiger partial charge on any atom is -0.324 e. The predicted molar refractivity (Wildman–Crippen MR) is 44.0 cm³/mol. The standard InChI is InChI=1S/C9H11F2N/c1-6(12)7-3-2-4-8(5-7)9(10)11/h2-6,9H,12H2,1H3. The molecule has 66 valence electrons. The highest BCUT2D eigenvalue weighted by molar-refractivity contribution is 5.26. The first-order valence-electron chi connectivity index (χ1n) is 3.75. The van der Waals surface area contributed by atoms with E-state index in [9.17, 15) is 8.78 Å². The van der Waals surface area contributed by atoms with Gasteiger partial charge in [0, 0.05) is 11.6 Å². The van der Waals surface area contributed by atoms with Crippen LogP contribution < -0.4 is 5.73 Å². The molecule has 0 saturated heterocycles. The fourth-order valence-corrected chi connectivity index (χ4v) is 0.978. The van der Waals surface area contributed by atoms with Gasteiger partial charge in [0.15, 0.2) is 0 Å². The smallest absolute Gasteiger partial charge is 0.263 e. The van der Waals surface area contributed by atoms with Gasteiger partial charge in [-0.1, -0.05) is 18.2 Å². The van der Waals surface area contributed by atoms with Crippen LogP contribution in [0.2, 0.25) is 0 Å². The Balaban J connectivity index is 2.96. The average molecular weight is 171 g/mol. The van der Waals surface area contributed by atoms with Gasteiger partial charge in [0.05, 0.1) is 0 Å². The van der Waals surface area contributed by atoms with E-state index < -0.39 is 6.43 Å². The number of hydrogen-bond acceptors (Lipinski definition) is 1. The van der Waals surface area contributed by atoms with E-state index in [4.69, 9.17) is 5.73 Å². The lowest BCUT2D eigenvalue weighted by Gasteiger charge is -2.06. The summed E-state index contributed by atoms with van der Waals surface area (Å²) in [5.74, 6) is 0. The Morgan fingerprint density at radius 2 is 1.83 bits per heavy atom. The summed E-state index contributed by atoms with van der Waals surface area (Å²) in [6, 6.07) is 5.99. The number of halogens is 2. The van der Waals surface area contributed by atoms with Crippen molar-refractivity contribution in [2.45, 2.75) is 19.4 Å². The summed E-state index contributed by atoms with van der Waals surface area (Å²) >= 11 is 0. The van der Waals surface area contributed by atoms with Crippen LogP contribution in [-0.2, 0) is 0 Å². The predicted octanol–water partition coefficient (Wildman–Crippen LogP) is 2.64. The van der Waals surface area contributed by atoms with Gasteiger partial charge in [-0.15, -0.1) is 0 Å². The number of alkyl halides is 2. The lowest BCUT2D eigenvalue weighted by molar-refractivity contribution is 0.151. The minimum absolute atomic E-state index is 0.0322. The summed E-state index contributed by atoms with van der Waals surface area (Å²) in [5.41, 5.74) is 6.31. The van der Waals surface area contributed by atoms with Gasteiger partial charge < -0.3 is 5.73 Å². The van der Waals surface area contributed by atoms with Crippen LogP contribution in [0, 0.1) is 0 Å². The molecule has 1 atom stereocenters. The van der Waals surface area contributed by atoms with Crippen LogP contribution >= 0.6 is 0 Å². The molecule has 1 aromatic rings. The van der Waals surface area contributed by atoms with Crippen molar-refractivity contribution in [3.05, 3.63) is 35.4 Å². The molecule has 12 heavy (non-hydrogen) atoms. The summed E-state index contributed by atoms with van der Waals surface area (Å²) < 4.78 is 24.3. The number of rotatable bonds is 2. The van der Waals surface area contributed by atoms with Gasteiger partial charge in [0.2, 0.25) is 0 Å². The topological polar surface area (TPSA) is 26.0 Å². The first kappa shape index (κ1) is 9.13. The van der Waals surface area contributed by atoms with E-state index in [1.807, 2.05) is 0 Å². The van der Waals surface area contributed by atoms with Gasteiger partial charge in [0.25, 0.3) is 6.43 Å². The van der Waals surface area contributed by atoms with Crippen molar-refractivity contribution >= 4 is 0 Å². The molecule has 0 radical (unpaired) electrons. The summed E-state index contributed by atoms with van der Waals surface area (Å²) in [4.78, 5) is 0. The Hall–Kier alpha value is -0.960. The molecule has 0 spiro atoms. The second-order valence-electron chi connectivity index (χ2n) is 2.76. The molecule has 0 aliphatic carbocycles. The number of hydrogen-bond donors (Lipinski definition) is 1. The van der Waals surface area contributed by atoms with Crippen LogP contribution in [0.3, 0.4) is 0 Å². The Labute approximate surface area is 70.2 Å². The second kappa shape index (κ2) is 3.63. The fraction of sp³-hybridized carbons (Fsp3) is 0.333. The van der Waals surface area contributed by atoms with Crippen LogP contribution in [0.5, 0.6) is 0 Å². The van der Waals surface area contributed by atoms with E-state index >= 15 is 0 Å². The van der Waals surface area contributed by atoms with Gasteiger partial charge >= 0.3 is 0 Å². The van der Waals surface area contributed by atoms with Crippen LogP contribution in [-0.4, -0.2) is 0 Å². The number of nitrogens with two attached hydrogens (primary N) is 1. The van der Waals surface area contributed by atoms with E-state index in [0.717, 1.165) is 5.56 Å². The molecule has 0 aromatic heterocycles. The zero-order chi connectivity index (χ0) is 9.14. The monoisotopic (exact) mass is 171 g/mol. The van der Waals surface area contributed by atoms with Crippen molar-refractivity contribution < 1.29 is 8.78 Å². The van der Waals surface area contributed by atoms with Crippen molar-refractivity contribution in [3.8, 4) is 0 Å². The van der Waals surface area contributed by atoms with Crippen LogP contribution in [0.25, 0.3) is 0 Å². The highest BCUT2D eigenvalue weighted by atomic mass is 19.3. The maximum atomic E-state index is 12.2. The molecule has 0 bridgehead atoms. The van der Waals surface area contributed by atoms with Gasteiger partial charge in [-0.05, 0) is 18.6 Å². The van der Waals surface area contributed by atoms with Gasteiger partial charge in [-0.25, -0.2) is 8.78 Å². The van der Waals surface area contributed by atoms with E-state index in [1.165, 1.54) is 12.1 Å². The molecular weight excluding hydrogens is 160 g/mol. The molecule has 1 unspecified atom stereocenters. The quantitative estimate of drug-likeness (QED) is 0.727. The largest absolute Gasteiger partial charge is 0.324 e. The molecular formula is C9H11F2N. The van der Waals surface area contributed by atoms with Gasteiger partial charge in [0.1, 0.15) is 0 Å². The Morgan fingerprint density at radius 1 is 1.25 bits per heavy atom. The van der Waals surface area contributed by atoms with Crippen molar-refractivity contribution in [1.29, 1.82) is 0 Å². The van der Waals surface area contributed by atoms with Crippen LogP contribution in [0.4, 0.5) is 8.78 Å².